The average molecular weight is 265 g/mol. The maximum Gasteiger partial charge on any atom is 0.157 e. The summed E-state index contributed by atoms with van der Waals surface area (Å²) in [5.41, 5.74) is 4.76. The summed E-state index contributed by atoms with van der Waals surface area (Å²) in [5, 5.41) is 11.0. The molecule has 0 saturated carbocycles. The summed E-state index contributed by atoms with van der Waals surface area (Å²) in [5.74, 6) is 0.852. The summed E-state index contributed by atoms with van der Waals surface area (Å²) in [6, 6.07) is 10.2. The van der Waals surface area contributed by atoms with Crippen LogP contribution in [0.25, 0.3) is 5.65 Å². The molecule has 2 N–H and O–H groups in total. The van der Waals surface area contributed by atoms with E-state index in [0.29, 0.717) is 0 Å². The molecule has 5 heteroatoms. The molecule has 0 unspecified atom stereocenters. The van der Waals surface area contributed by atoms with E-state index in [2.05, 4.69) is 38.9 Å². The minimum atomic E-state index is 0.849. The van der Waals surface area contributed by atoms with Gasteiger partial charge in [-0.15, -0.1) is 0 Å². The van der Waals surface area contributed by atoms with Crippen LogP contribution in [0.15, 0.2) is 42.7 Å². The Bertz CT molecular complexity index is 762. The lowest BCUT2D eigenvalue weighted by Crippen LogP contribution is -2.24. The monoisotopic (exact) mass is 265 g/mol. The van der Waals surface area contributed by atoms with Crippen LogP contribution in [0.5, 0.6) is 0 Å². The second kappa shape index (κ2) is 4.61. The normalized spacial score (nSPS) is 14.2. The Morgan fingerprint density at radius 2 is 2.20 bits per heavy atom. The number of aromatic nitrogens is 3. The van der Waals surface area contributed by atoms with Crippen LogP contribution in [-0.2, 0) is 13.0 Å². The number of anilines is 2. The molecule has 2 aromatic heterocycles. The van der Waals surface area contributed by atoms with Gasteiger partial charge in [-0.2, -0.15) is 5.10 Å². The first kappa shape index (κ1) is 11.4. The molecule has 0 spiro atoms. The second-order valence-corrected chi connectivity index (χ2v) is 4.94. The third kappa shape index (κ3) is 1.92. The number of benzene rings is 1. The van der Waals surface area contributed by atoms with E-state index in [-0.39, 0.29) is 0 Å². The van der Waals surface area contributed by atoms with Crippen molar-refractivity contribution in [2.24, 2.45) is 0 Å². The van der Waals surface area contributed by atoms with Crippen molar-refractivity contribution in [1.82, 2.24) is 19.9 Å². The highest BCUT2D eigenvalue weighted by atomic mass is 15.2. The van der Waals surface area contributed by atoms with E-state index < -0.39 is 0 Å². The Morgan fingerprint density at radius 3 is 3.20 bits per heavy atom. The number of nitrogens with zero attached hydrogens (tertiary/aromatic N) is 3. The van der Waals surface area contributed by atoms with E-state index in [0.717, 1.165) is 36.7 Å². The van der Waals surface area contributed by atoms with Gasteiger partial charge in [-0.25, -0.2) is 9.50 Å². The molecule has 5 nitrogen and oxygen atoms in total. The predicted octanol–water partition coefficient (Wildman–Crippen LogP) is 2.12. The summed E-state index contributed by atoms with van der Waals surface area (Å²) in [6.45, 7) is 1.97. The number of nitrogens with one attached hydrogen (secondary N) is 2. The van der Waals surface area contributed by atoms with Gasteiger partial charge in [0.25, 0.3) is 0 Å². The van der Waals surface area contributed by atoms with Gasteiger partial charge in [0.1, 0.15) is 5.82 Å². The number of rotatable bonds is 2. The van der Waals surface area contributed by atoms with Crippen molar-refractivity contribution in [3.8, 4) is 0 Å². The molecule has 0 radical (unpaired) electrons. The smallest absolute Gasteiger partial charge is 0.157 e. The molecule has 0 amide bonds. The third-order valence-electron chi connectivity index (χ3n) is 3.66. The fourth-order valence-electron chi connectivity index (χ4n) is 2.67. The first-order valence-corrected chi connectivity index (χ1v) is 6.79. The van der Waals surface area contributed by atoms with Gasteiger partial charge in [0.2, 0.25) is 0 Å². The molecule has 1 aromatic carbocycles. The van der Waals surface area contributed by atoms with E-state index in [1.54, 1.807) is 10.7 Å². The molecule has 20 heavy (non-hydrogen) atoms. The highest BCUT2D eigenvalue weighted by Gasteiger charge is 2.12. The van der Waals surface area contributed by atoms with E-state index in [9.17, 15) is 0 Å². The van der Waals surface area contributed by atoms with Crippen molar-refractivity contribution < 1.29 is 0 Å². The number of hydrogen-bond donors (Lipinski definition) is 2. The minimum absolute atomic E-state index is 0.849. The lowest BCUT2D eigenvalue weighted by atomic mass is 9.99. The first-order valence-electron chi connectivity index (χ1n) is 6.79. The molecule has 0 fully saturated rings. The highest BCUT2D eigenvalue weighted by Crippen LogP contribution is 2.25. The molecule has 3 heterocycles. The third-order valence-corrected chi connectivity index (χ3v) is 3.66. The van der Waals surface area contributed by atoms with Crippen molar-refractivity contribution in [3.63, 3.8) is 0 Å². The lowest BCUT2D eigenvalue weighted by molar-refractivity contribution is 0.645. The van der Waals surface area contributed by atoms with Gasteiger partial charge in [0.15, 0.2) is 5.65 Å². The topological polar surface area (TPSA) is 54.2 Å². The van der Waals surface area contributed by atoms with Crippen LogP contribution in [0, 0.1) is 0 Å². The van der Waals surface area contributed by atoms with E-state index in [1.165, 1.54) is 11.1 Å². The van der Waals surface area contributed by atoms with Crippen LogP contribution < -0.4 is 10.6 Å². The molecular formula is C15H15N5. The van der Waals surface area contributed by atoms with E-state index in [1.807, 2.05) is 18.3 Å². The second-order valence-electron chi connectivity index (χ2n) is 4.94. The fraction of sp³-hybridized carbons (Fsp3) is 0.200. The molecule has 0 bridgehead atoms. The van der Waals surface area contributed by atoms with Crippen LogP contribution in [-0.4, -0.2) is 21.1 Å². The molecule has 1 aliphatic heterocycles. The molecule has 4 rings (SSSR count). The standard InChI is InChI=1S/C15H15N5/c1-2-11-10-16-7-4-12(11)13(3-1)18-14-6-9-20-15(19-14)5-8-17-20/h1-3,5-6,8-9,16H,4,7,10H2,(H,18,19). The Morgan fingerprint density at radius 1 is 1.20 bits per heavy atom. The Labute approximate surface area is 116 Å². The van der Waals surface area contributed by atoms with Gasteiger partial charge < -0.3 is 10.6 Å². The van der Waals surface area contributed by atoms with Gasteiger partial charge in [-0.05, 0) is 36.2 Å². The molecule has 0 atom stereocenters. The Balaban J connectivity index is 1.71. The summed E-state index contributed by atoms with van der Waals surface area (Å²) in [6.07, 6.45) is 4.72. The number of hydrogen-bond acceptors (Lipinski definition) is 4. The van der Waals surface area contributed by atoms with Crippen LogP contribution in [0.1, 0.15) is 11.1 Å². The van der Waals surface area contributed by atoms with Crippen LogP contribution in [0.4, 0.5) is 11.5 Å². The quantitative estimate of drug-likeness (QED) is 0.745. The fourth-order valence-corrected chi connectivity index (χ4v) is 2.67. The van der Waals surface area contributed by atoms with Crippen LogP contribution in [0.3, 0.4) is 0 Å². The maximum atomic E-state index is 4.55. The van der Waals surface area contributed by atoms with Gasteiger partial charge in [0, 0.05) is 24.5 Å². The number of fused-ring (bicyclic) bond motifs is 2. The van der Waals surface area contributed by atoms with Gasteiger partial charge in [0.05, 0.1) is 6.20 Å². The Kier molecular flexibility index (Phi) is 2.63. The SMILES string of the molecule is c1cc2c(c(Nc3ccn4nccc4n3)c1)CCNC2. The Hall–Kier alpha value is -2.40. The van der Waals surface area contributed by atoms with Crippen molar-refractivity contribution in [2.75, 3.05) is 11.9 Å². The summed E-state index contributed by atoms with van der Waals surface area (Å²) in [4.78, 5) is 4.55. The predicted molar refractivity (Wildman–Crippen MR) is 78.1 cm³/mol. The minimum Gasteiger partial charge on any atom is -0.340 e. The van der Waals surface area contributed by atoms with Crippen LogP contribution in [0.2, 0.25) is 0 Å². The van der Waals surface area contributed by atoms with Gasteiger partial charge in [-0.1, -0.05) is 12.1 Å². The summed E-state index contributed by atoms with van der Waals surface area (Å²) < 4.78 is 1.76. The van der Waals surface area contributed by atoms with Crippen molar-refractivity contribution in [3.05, 3.63) is 53.9 Å². The molecule has 3 aromatic rings. The van der Waals surface area contributed by atoms with Crippen molar-refractivity contribution in [2.45, 2.75) is 13.0 Å². The molecule has 0 aliphatic carbocycles. The van der Waals surface area contributed by atoms with Crippen LogP contribution >= 0.6 is 0 Å². The average Bonchev–Trinajstić information content (AvgIpc) is 2.95. The molecule has 0 saturated heterocycles. The van der Waals surface area contributed by atoms with Gasteiger partial charge in [-0.3, -0.25) is 0 Å². The zero-order valence-electron chi connectivity index (χ0n) is 11.0. The molecule has 1 aliphatic rings. The highest BCUT2D eigenvalue weighted by molar-refractivity contribution is 5.64. The molecule has 100 valence electrons. The zero-order valence-corrected chi connectivity index (χ0v) is 11.0. The first-order chi connectivity index (χ1) is 9.90. The van der Waals surface area contributed by atoms with Gasteiger partial charge >= 0.3 is 0 Å². The summed E-state index contributed by atoms with van der Waals surface area (Å²) in [7, 11) is 0. The lowest BCUT2D eigenvalue weighted by Gasteiger charge is -2.20. The summed E-state index contributed by atoms with van der Waals surface area (Å²) >= 11 is 0. The van der Waals surface area contributed by atoms with Crippen molar-refractivity contribution >= 4 is 17.2 Å². The van der Waals surface area contributed by atoms with E-state index >= 15 is 0 Å². The zero-order chi connectivity index (χ0) is 13.4. The molecular weight excluding hydrogens is 250 g/mol. The van der Waals surface area contributed by atoms with E-state index in [4.69, 9.17) is 0 Å². The maximum absolute atomic E-state index is 4.55. The van der Waals surface area contributed by atoms with Crippen molar-refractivity contribution in [1.29, 1.82) is 0 Å². The largest absolute Gasteiger partial charge is 0.340 e.